The third-order valence-electron chi connectivity index (χ3n) is 8.60. The van der Waals surface area contributed by atoms with Gasteiger partial charge >= 0.3 is 17.9 Å². The van der Waals surface area contributed by atoms with Gasteiger partial charge in [0, 0.05) is 0 Å². The molecule has 3 rings (SSSR count). The first-order chi connectivity index (χ1) is 21.7. The van der Waals surface area contributed by atoms with E-state index in [1.807, 2.05) is 24.3 Å². The molecule has 0 aromatic heterocycles. The number of rotatable bonds is 18. The monoisotopic (exact) mass is 620 g/mol. The van der Waals surface area contributed by atoms with Crippen molar-refractivity contribution in [1.29, 1.82) is 0 Å². The first-order valence-electron chi connectivity index (χ1n) is 16.1. The summed E-state index contributed by atoms with van der Waals surface area (Å²) in [5.74, 6) is -0.161. The first kappa shape index (κ1) is 35.7. The molecule has 0 bridgehead atoms. The molecule has 0 atom stereocenters. The molecule has 0 heterocycles. The van der Waals surface area contributed by atoms with E-state index in [0.717, 1.165) is 11.5 Å². The highest BCUT2D eigenvalue weighted by Crippen LogP contribution is 2.38. The lowest BCUT2D eigenvalue weighted by Crippen LogP contribution is -2.15. The van der Waals surface area contributed by atoms with Gasteiger partial charge in [-0.2, -0.15) is 0 Å². The summed E-state index contributed by atoms with van der Waals surface area (Å²) in [6, 6.07) is 14.8. The van der Waals surface area contributed by atoms with Gasteiger partial charge < -0.3 is 24.4 Å². The normalized spacial score (nSPS) is 16.2. The molecule has 0 aliphatic heterocycles. The molecule has 1 aliphatic carbocycles. The van der Waals surface area contributed by atoms with Crippen LogP contribution in [0.1, 0.15) is 104 Å². The molecule has 0 unspecified atom stereocenters. The summed E-state index contributed by atoms with van der Waals surface area (Å²) < 4.78 is 16.0. The minimum atomic E-state index is -0.678. The standard InChI is InChI=1S/C37H48O8/c1-4-5-6-7-28-8-10-29(11-9-28)30-12-14-33(15-13-30)37(42)45-34-18-16-31(17-19-34)32(20-22-43-35(40)26(2)24-38)21-23-44-36(41)27(3)25-39/h12-19,28-29,32,38-39H,2-11,20-25H2,1H3. The second-order valence-corrected chi connectivity index (χ2v) is 11.9. The Kier molecular flexibility index (Phi) is 15.0. The number of hydrogen-bond donors (Lipinski definition) is 2. The van der Waals surface area contributed by atoms with Crippen LogP contribution in [0.2, 0.25) is 0 Å². The van der Waals surface area contributed by atoms with Crippen molar-refractivity contribution >= 4 is 17.9 Å². The van der Waals surface area contributed by atoms with E-state index in [9.17, 15) is 14.4 Å². The summed E-state index contributed by atoms with van der Waals surface area (Å²) in [4.78, 5) is 36.7. The second kappa shape index (κ2) is 18.9. The molecule has 1 aliphatic rings. The highest BCUT2D eigenvalue weighted by Gasteiger charge is 2.23. The maximum atomic E-state index is 12.9. The molecule has 244 valence electrons. The van der Waals surface area contributed by atoms with Crippen molar-refractivity contribution < 1.29 is 38.8 Å². The highest BCUT2D eigenvalue weighted by atomic mass is 16.5. The predicted molar refractivity (Wildman–Crippen MR) is 173 cm³/mol. The van der Waals surface area contributed by atoms with Gasteiger partial charge in [0.05, 0.1) is 43.1 Å². The van der Waals surface area contributed by atoms with Gasteiger partial charge in [-0.15, -0.1) is 0 Å². The van der Waals surface area contributed by atoms with Crippen LogP contribution >= 0.6 is 0 Å². The molecule has 1 fully saturated rings. The molecule has 2 N–H and O–H groups in total. The number of unbranched alkanes of at least 4 members (excludes halogenated alkanes) is 2. The van der Waals surface area contributed by atoms with E-state index in [0.29, 0.717) is 30.1 Å². The van der Waals surface area contributed by atoms with Crippen LogP contribution in [0.15, 0.2) is 72.8 Å². The maximum Gasteiger partial charge on any atom is 0.343 e. The largest absolute Gasteiger partial charge is 0.462 e. The Morgan fingerprint density at radius 2 is 1.36 bits per heavy atom. The molecule has 0 saturated heterocycles. The van der Waals surface area contributed by atoms with Gasteiger partial charge in [0.15, 0.2) is 0 Å². The summed E-state index contributed by atoms with van der Waals surface area (Å²) in [5.41, 5.74) is 2.57. The number of aliphatic hydroxyl groups excluding tert-OH is 2. The lowest BCUT2D eigenvalue weighted by molar-refractivity contribution is -0.139. The average Bonchev–Trinajstić information content (AvgIpc) is 3.07. The molecule has 0 amide bonds. The minimum absolute atomic E-state index is 0.0379. The Morgan fingerprint density at radius 3 is 1.87 bits per heavy atom. The fraction of sp³-hybridized carbons (Fsp3) is 0.486. The lowest BCUT2D eigenvalue weighted by Gasteiger charge is -2.29. The molecule has 0 radical (unpaired) electrons. The van der Waals surface area contributed by atoms with E-state index < -0.39 is 31.1 Å². The van der Waals surface area contributed by atoms with Crippen LogP contribution in [0, 0.1) is 5.92 Å². The van der Waals surface area contributed by atoms with Crippen molar-refractivity contribution in [3.05, 3.63) is 89.5 Å². The number of carbonyl (C=O) groups excluding carboxylic acids is 3. The zero-order chi connectivity index (χ0) is 32.6. The maximum absolute atomic E-state index is 12.9. The Morgan fingerprint density at radius 1 is 0.800 bits per heavy atom. The SMILES string of the molecule is C=C(CO)C(=O)OCCC(CCOC(=O)C(=C)CO)c1ccc(OC(=O)c2ccc(C3CCC(CCCCC)CC3)cc2)cc1. The summed E-state index contributed by atoms with van der Waals surface area (Å²) in [5, 5.41) is 18.2. The third-order valence-corrected chi connectivity index (χ3v) is 8.60. The predicted octanol–water partition coefficient (Wildman–Crippen LogP) is 6.81. The Labute approximate surface area is 267 Å². The number of ether oxygens (including phenoxy) is 3. The van der Waals surface area contributed by atoms with Gasteiger partial charge in [0.1, 0.15) is 5.75 Å². The third kappa shape index (κ3) is 11.6. The molecule has 1 saturated carbocycles. The van der Waals surface area contributed by atoms with Crippen LogP contribution in [0.25, 0.3) is 0 Å². The van der Waals surface area contributed by atoms with Gasteiger partial charge in [-0.1, -0.05) is 70.0 Å². The molecule has 2 aromatic carbocycles. The number of benzene rings is 2. The fourth-order valence-corrected chi connectivity index (χ4v) is 5.73. The summed E-state index contributed by atoms with van der Waals surface area (Å²) in [7, 11) is 0. The van der Waals surface area contributed by atoms with E-state index in [4.69, 9.17) is 24.4 Å². The topological polar surface area (TPSA) is 119 Å². The van der Waals surface area contributed by atoms with Crippen LogP contribution in [0.3, 0.4) is 0 Å². The summed E-state index contributed by atoms with van der Waals surface area (Å²) >= 11 is 0. The molecular formula is C37H48O8. The first-order valence-corrected chi connectivity index (χ1v) is 16.1. The van der Waals surface area contributed by atoms with Crippen LogP contribution in [0.4, 0.5) is 0 Å². The quantitative estimate of drug-likeness (QED) is 0.0808. The Hall–Kier alpha value is -3.75. The number of aliphatic hydroxyl groups is 2. The average molecular weight is 621 g/mol. The number of esters is 3. The zero-order valence-electron chi connectivity index (χ0n) is 26.5. The van der Waals surface area contributed by atoms with Gasteiger partial charge in [0.25, 0.3) is 0 Å². The molecule has 8 nitrogen and oxygen atoms in total. The van der Waals surface area contributed by atoms with Gasteiger partial charge in [-0.05, 0) is 91.7 Å². The Balaban J connectivity index is 1.55. The van der Waals surface area contributed by atoms with E-state index >= 15 is 0 Å². The van der Waals surface area contributed by atoms with Crippen LogP contribution in [-0.4, -0.2) is 54.5 Å². The lowest BCUT2D eigenvalue weighted by atomic mass is 9.77. The van der Waals surface area contributed by atoms with Crippen molar-refractivity contribution in [2.45, 2.75) is 83.0 Å². The van der Waals surface area contributed by atoms with Gasteiger partial charge in [-0.3, -0.25) is 0 Å². The summed E-state index contributed by atoms with van der Waals surface area (Å²) in [6.07, 6.45) is 11.1. The van der Waals surface area contributed by atoms with E-state index in [1.54, 1.807) is 12.1 Å². The van der Waals surface area contributed by atoms with Crippen molar-refractivity contribution in [3.8, 4) is 5.75 Å². The highest BCUT2D eigenvalue weighted by molar-refractivity contribution is 5.91. The second-order valence-electron chi connectivity index (χ2n) is 11.9. The number of hydrogen-bond acceptors (Lipinski definition) is 8. The minimum Gasteiger partial charge on any atom is -0.462 e. The van der Waals surface area contributed by atoms with E-state index in [2.05, 4.69) is 32.2 Å². The molecular weight excluding hydrogens is 572 g/mol. The van der Waals surface area contributed by atoms with Crippen LogP contribution in [0.5, 0.6) is 5.75 Å². The zero-order valence-corrected chi connectivity index (χ0v) is 26.5. The molecule has 0 spiro atoms. The Bertz CT molecular complexity index is 1220. The molecule has 45 heavy (non-hydrogen) atoms. The van der Waals surface area contributed by atoms with Crippen LogP contribution < -0.4 is 4.74 Å². The van der Waals surface area contributed by atoms with Crippen molar-refractivity contribution in [2.75, 3.05) is 26.4 Å². The number of carbonyl (C=O) groups is 3. The smallest absolute Gasteiger partial charge is 0.343 e. The molecule has 2 aromatic rings. The van der Waals surface area contributed by atoms with Crippen molar-refractivity contribution in [1.82, 2.24) is 0 Å². The molecule has 8 heteroatoms. The van der Waals surface area contributed by atoms with E-state index in [-0.39, 0.29) is 30.3 Å². The van der Waals surface area contributed by atoms with Crippen LogP contribution in [-0.2, 0) is 19.1 Å². The fourth-order valence-electron chi connectivity index (χ4n) is 5.73. The van der Waals surface area contributed by atoms with Gasteiger partial charge in [0.2, 0.25) is 0 Å². The van der Waals surface area contributed by atoms with Gasteiger partial charge in [-0.25, -0.2) is 14.4 Å². The van der Waals surface area contributed by atoms with Crippen molar-refractivity contribution in [3.63, 3.8) is 0 Å². The van der Waals surface area contributed by atoms with E-state index in [1.165, 1.54) is 56.9 Å². The summed E-state index contributed by atoms with van der Waals surface area (Å²) in [6.45, 7) is 8.32. The van der Waals surface area contributed by atoms with Crippen molar-refractivity contribution in [2.24, 2.45) is 5.92 Å².